The van der Waals surface area contributed by atoms with Crippen LogP contribution in [0.15, 0.2) is 24.3 Å². The molecule has 0 unspecified atom stereocenters. The molecule has 3 N–H and O–H groups in total. The molecule has 0 spiro atoms. The maximum absolute atomic E-state index is 11.7. The molecule has 1 aromatic rings. The molecule has 1 aromatic carbocycles. The zero-order chi connectivity index (χ0) is 15.7. The van der Waals surface area contributed by atoms with E-state index in [1.54, 1.807) is 11.8 Å². The Balaban J connectivity index is 2.42. The fraction of sp³-hybridized carbons (Fsp3) is 0.467. The fourth-order valence-electron chi connectivity index (χ4n) is 1.78. The molecule has 116 valence electrons. The van der Waals surface area contributed by atoms with Crippen LogP contribution in [0.4, 0.5) is 4.79 Å². The SMILES string of the molecule is CCc1ccc(CNC(=O)N[C@@H](CCSC)C(=O)O)cc1. The first-order chi connectivity index (χ1) is 10.1. The van der Waals surface area contributed by atoms with Gasteiger partial charge in [-0.15, -0.1) is 0 Å². The summed E-state index contributed by atoms with van der Waals surface area (Å²) >= 11 is 1.55. The van der Waals surface area contributed by atoms with Crippen LogP contribution in [0.5, 0.6) is 0 Å². The maximum atomic E-state index is 11.7. The number of amides is 2. The number of rotatable bonds is 8. The van der Waals surface area contributed by atoms with E-state index in [4.69, 9.17) is 5.11 Å². The van der Waals surface area contributed by atoms with Gasteiger partial charge < -0.3 is 15.7 Å². The average Bonchev–Trinajstić information content (AvgIpc) is 2.49. The predicted octanol–water partition coefficient (Wildman–Crippen LogP) is 2.25. The molecule has 6 heteroatoms. The molecular weight excluding hydrogens is 288 g/mol. The van der Waals surface area contributed by atoms with Gasteiger partial charge in [0.1, 0.15) is 6.04 Å². The molecule has 1 rings (SSSR count). The highest BCUT2D eigenvalue weighted by molar-refractivity contribution is 7.98. The van der Waals surface area contributed by atoms with Gasteiger partial charge in [-0.2, -0.15) is 11.8 Å². The molecule has 5 nitrogen and oxygen atoms in total. The Morgan fingerprint density at radius 2 is 1.86 bits per heavy atom. The Morgan fingerprint density at radius 1 is 1.24 bits per heavy atom. The van der Waals surface area contributed by atoms with Crippen molar-refractivity contribution in [2.24, 2.45) is 0 Å². The summed E-state index contributed by atoms with van der Waals surface area (Å²) < 4.78 is 0. The van der Waals surface area contributed by atoms with E-state index in [-0.39, 0.29) is 0 Å². The van der Waals surface area contributed by atoms with Gasteiger partial charge in [0.2, 0.25) is 0 Å². The molecule has 0 aliphatic rings. The minimum absolute atomic E-state index is 0.380. The molecule has 0 bridgehead atoms. The number of urea groups is 1. The van der Waals surface area contributed by atoms with Crippen molar-refractivity contribution >= 4 is 23.8 Å². The molecule has 0 saturated carbocycles. The van der Waals surface area contributed by atoms with Crippen LogP contribution in [0.3, 0.4) is 0 Å². The highest BCUT2D eigenvalue weighted by atomic mass is 32.2. The van der Waals surface area contributed by atoms with Gasteiger partial charge >= 0.3 is 12.0 Å². The first-order valence-electron chi connectivity index (χ1n) is 6.90. The number of carbonyl (C=O) groups is 2. The number of hydrogen-bond donors (Lipinski definition) is 3. The standard InChI is InChI=1S/C15H22N2O3S/c1-3-11-4-6-12(7-5-11)10-16-15(20)17-13(14(18)19)8-9-21-2/h4-7,13H,3,8-10H2,1-2H3,(H,18,19)(H2,16,17,20)/t13-/m0/s1. The summed E-state index contributed by atoms with van der Waals surface area (Å²) in [6.45, 7) is 2.46. The molecule has 2 amide bonds. The molecule has 0 radical (unpaired) electrons. The van der Waals surface area contributed by atoms with Gasteiger partial charge in [-0.25, -0.2) is 9.59 Å². The van der Waals surface area contributed by atoms with Crippen molar-refractivity contribution in [2.45, 2.75) is 32.4 Å². The van der Waals surface area contributed by atoms with Gasteiger partial charge in [0.25, 0.3) is 0 Å². The lowest BCUT2D eigenvalue weighted by Gasteiger charge is -2.14. The van der Waals surface area contributed by atoms with Crippen molar-refractivity contribution in [1.29, 1.82) is 0 Å². The van der Waals surface area contributed by atoms with Gasteiger partial charge in [-0.3, -0.25) is 0 Å². The van der Waals surface area contributed by atoms with E-state index in [1.807, 2.05) is 30.5 Å². The number of carbonyl (C=O) groups excluding carboxylic acids is 1. The lowest BCUT2D eigenvalue weighted by molar-refractivity contribution is -0.139. The predicted molar refractivity (Wildman–Crippen MR) is 85.6 cm³/mol. The van der Waals surface area contributed by atoms with Gasteiger partial charge in [-0.05, 0) is 36.0 Å². The van der Waals surface area contributed by atoms with E-state index >= 15 is 0 Å². The minimum Gasteiger partial charge on any atom is -0.480 e. The van der Waals surface area contributed by atoms with Gasteiger partial charge in [-0.1, -0.05) is 31.2 Å². The van der Waals surface area contributed by atoms with Gasteiger partial charge in [0, 0.05) is 6.54 Å². The summed E-state index contributed by atoms with van der Waals surface area (Å²) in [6.07, 6.45) is 3.29. The number of hydrogen-bond acceptors (Lipinski definition) is 3. The summed E-state index contributed by atoms with van der Waals surface area (Å²) in [5, 5.41) is 14.2. The Bertz CT molecular complexity index is 462. The Kier molecular flexibility index (Phi) is 7.68. The van der Waals surface area contributed by atoms with Crippen LogP contribution in [0.25, 0.3) is 0 Å². The molecule has 0 fully saturated rings. The summed E-state index contributed by atoms with van der Waals surface area (Å²) in [5.74, 6) is -0.318. The average molecular weight is 310 g/mol. The number of nitrogens with one attached hydrogen (secondary N) is 2. The third-order valence-corrected chi connectivity index (χ3v) is 3.74. The molecule has 1 atom stereocenters. The van der Waals surface area contributed by atoms with Crippen LogP contribution in [0.1, 0.15) is 24.5 Å². The zero-order valence-corrected chi connectivity index (χ0v) is 13.2. The number of aryl methyl sites for hydroxylation is 1. The van der Waals surface area contributed by atoms with Crippen molar-refractivity contribution in [2.75, 3.05) is 12.0 Å². The second kappa shape index (κ2) is 9.28. The largest absolute Gasteiger partial charge is 0.480 e. The van der Waals surface area contributed by atoms with Gasteiger partial charge in [0.05, 0.1) is 0 Å². The lowest BCUT2D eigenvalue weighted by Crippen LogP contribution is -2.46. The van der Waals surface area contributed by atoms with Crippen LogP contribution < -0.4 is 10.6 Å². The van der Waals surface area contributed by atoms with Crippen molar-refractivity contribution in [3.63, 3.8) is 0 Å². The Hall–Kier alpha value is -1.69. The quantitative estimate of drug-likeness (QED) is 0.688. The molecule has 0 aliphatic heterocycles. The van der Waals surface area contributed by atoms with E-state index in [9.17, 15) is 9.59 Å². The minimum atomic E-state index is -1.01. The van der Waals surface area contributed by atoms with E-state index < -0.39 is 18.0 Å². The van der Waals surface area contributed by atoms with Crippen LogP contribution in [0, 0.1) is 0 Å². The van der Waals surface area contributed by atoms with Gasteiger partial charge in [0.15, 0.2) is 0 Å². The van der Waals surface area contributed by atoms with Crippen LogP contribution in [0.2, 0.25) is 0 Å². The number of carboxylic acid groups (broad SMARTS) is 1. The van der Waals surface area contributed by atoms with E-state index in [0.29, 0.717) is 18.7 Å². The van der Waals surface area contributed by atoms with Crippen molar-refractivity contribution in [3.8, 4) is 0 Å². The van der Waals surface area contributed by atoms with Crippen LogP contribution >= 0.6 is 11.8 Å². The van der Waals surface area contributed by atoms with Crippen molar-refractivity contribution < 1.29 is 14.7 Å². The van der Waals surface area contributed by atoms with E-state index in [2.05, 4.69) is 17.6 Å². The number of benzene rings is 1. The second-order valence-electron chi connectivity index (χ2n) is 4.67. The molecule has 21 heavy (non-hydrogen) atoms. The van der Waals surface area contributed by atoms with Crippen molar-refractivity contribution in [1.82, 2.24) is 10.6 Å². The molecule has 0 aliphatic carbocycles. The van der Waals surface area contributed by atoms with Crippen LogP contribution in [-0.2, 0) is 17.8 Å². The molecule has 0 aromatic heterocycles. The molecule has 0 saturated heterocycles. The topological polar surface area (TPSA) is 78.4 Å². The summed E-state index contributed by atoms with van der Waals surface area (Å²) in [5.41, 5.74) is 2.23. The summed E-state index contributed by atoms with van der Waals surface area (Å²) in [6, 6.07) is 6.66. The Morgan fingerprint density at radius 3 is 2.38 bits per heavy atom. The zero-order valence-electron chi connectivity index (χ0n) is 12.4. The first kappa shape index (κ1) is 17.4. The second-order valence-corrected chi connectivity index (χ2v) is 5.65. The fourth-order valence-corrected chi connectivity index (χ4v) is 2.25. The van der Waals surface area contributed by atoms with E-state index in [0.717, 1.165) is 12.0 Å². The maximum Gasteiger partial charge on any atom is 0.326 e. The molecular formula is C15H22N2O3S. The van der Waals surface area contributed by atoms with Crippen molar-refractivity contribution in [3.05, 3.63) is 35.4 Å². The molecule has 0 heterocycles. The van der Waals surface area contributed by atoms with Crippen LogP contribution in [-0.4, -0.2) is 35.2 Å². The summed E-state index contributed by atoms with van der Waals surface area (Å²) in [4.78, 5) is 22.8. The number of carboxylic acids is 1. The summed E-state index contributed by atoms with van der Waals surface area (Å²) in [7, 11) is 0. The highest BCUT2D eigenvalue weighted by Crippen LogP contribution is 2.05. The van der Waals surface area contributed by atoms with E-state index in [1.165, 1.54) is 5.56 Å². The number of thioether (sulfide) groups is 1. The number of aliphatic carboxylic acids is 1. The first-order valence-corrected chi connectivity index (χ1v) is 8.30. The third-order valence-electron chi connectivity index (χ3n) is 3.10. The monoisotopic (exact) mass is 310 g/mol. The Labute approximate surface area is 129 Å². The smallest absolute Gasteiger partial charge is 0.326 e. The third kappa shape index (κ3) is 6.53. The normalized spacial score (nSPS) is 11.7. The lowest BCUT2D eigenvalue weighted by atomic mass is 10.1. The highest BCUT2D eigenvalue weighted by Gasteiger charge is 2.18.